The Morgan fingerprint density at radius 3 is 2.18 bits per heavy atom. The Balaban J connectivity index is 2.86. The Kier molecular flexibility index (Phi) is 2.41. The minimum Gasteiger partial charge on any atom is -0.0738 e. The molecule has 11 heavy (non-hydrogen) atoms. The molecule has 1 aliphatic rings. The average molecular weight is 152 g/mol. The maximum absolute atomic E-state index is 2.38. The molecule has 1 rings (SSSR count). The summed E-state index contributed by atoms with van der Waals surface area (Å²) >= 11 is 0. The summed E-state index contributed by atoms with van der Waals surface area (Å²) in [6, 6.07) is 0. The number of hydrogen-bond donors (Lipinski definition) is 0. The number of hydrogen-bond acceptors (Lipinski definition) is 0. The highest BCUT2D eigenvalue weighted by Gasteiger charge is 2.26. The van der Waals surface area contributed by atoms with E-state index in [1.54, 1.807) is 11.1 Å². The van der Waals surface area contributed by atoms with E-state index < -0.39 is 0 Å². The number of allylic oxidation sites excluding steroid dienone is 2. The lowest BCUT2D eigenvalue weighted by molar-refractivity contribution is 0.283. The minimum absolute atomic E-state index is 0.804. The normalized spacial score (nSPS) is 39.5. The molecule has 0 aromatic rings. The lowest BCUT2D eigenvalue weighted by Crippen LogP contribution is -2.23. The van der Waals surface area contributed by atoms with Gasteiger partial charge in [0.05, 0.1) is 0 Å². The summed E-state index contributed by atoms with van der Waals surface area (Å²) in [5.74, 6) is 2.56. The SMILES string of the molecule is CC1=C(C)C(C)[C@@H](C)[C@@H](C)C1. The molecule has 1 aliphatic carbocycles. The monoisotopic (exact) mass is 152 g/mol. The first-order valence-corrected chi connectivity index (χ1v) is 4.70. The first-order valence-electron chi connectivity index (χ1n) is 4.70. The van der Waals surface area contributed by atoms with Gasteiger partial charge in [-0.05, 0) is 38.0 Å². The second kappa shape index (κ2) is 3.00. The fourth-order valence-electron chi connectivity index (χ4n) is 2.11. The van der Waals surface area contributed by atoms with Crippen molar-refractivity contribution in [2.45, 2.75) is 41.0 Å². The molecule has 0 amide bonds. The van der Waals surface area contributed by atoms with Gasteiger partial charge in [0.1, 0.15) is 0 Å². The highest BCUT2D eigenvalue weighted by atomic mass is 14.3. The van der Waals surface area contributed by atoms with Crippen LogP contribution < -0.4 is 0 Å². The van der Waals surface area contributed by atoms with Gasteiger partial charge >= 0.3 is 0 Å². The third kappa shape index (κ3) is 1.50. The van der Waals surface area contributed by atoms with Gasteiger partial charge in [-0.1, -0.05) is 31.9 Å². The quantitative estimate of drug-likeness (QED) is 0.465. The van der Waals surface area contributed by atoms with E-state index >= 15 is 0 Å². The molecule has 3 atom stereocenters. The van der Waals surface area contributed by atoms with Gasteiger partial charge < -0.3 is 0 Å². The molecule has 1 unspecified atom stereocenters. The van der Waals surface area contributed by atoms with Gasteiger partial charge in [0.25, 0.3) is 0 Å². The predicted molar refractivity (Wildman–Crippen MR) is 50.5 cm³/mol. The van der Waals surface area contributed by atoms with E-state index in [0.717, 1.165) is 17.8 Å². The van der Waals surface area contributed by atoms with Crippen molar-refractivity contribution in [3.8, 4) is 0 Å². The van der Waals surface area contributed by atoms with Crippen molar-refractivity contribution >= 4 is 0 Å². The highest BCUT2D eigenvalue weighted by Crippen LogP contribution is 2.37. The molecule has 0 saturated carbocycles. The van der Waals surface area contributed by atoms with E-state index in [9.17, 15) is 0 Å². The summed E-state index contributed by atoms with van der Waals surface area (Å²) in [6.07, 6.45) is 1.32. The van der Waals surface area contributed by atoms with Crippen molar-refractivity contribution in [2.24, 2.45) is 17.8 Å². The largest absolute Gasteiger partial charge is 0.0738 e. The molecule has 0 fully saturated rings. The van der Waals surface area contributed by atoms with Gasteiger partial charge in [-0.25, -0.2) is 0 Å². The van der Waals surface area contributed by atoms with Crippen molar-refractivity contribution < 1.29 is 0 Å². The van der Waals surface area contributed by atoms with Crippen LogP contribution in [0.5, 0.6) is 0 Å². The molecule has 0 heteroatoms. The molecule has 0 N–H and O–H groups in total. The van der Waals surface area contributed by atoms with E-state index in [2.05, 4.69) is 34.6 Å². The summed E-state index contributed by atoms with van der Waals surface area (Å²) in [6.45, 7) is 11.7. The second-order valence-corrected chi connectivity index (χ2v) is 4.29. The summed E-state index contributed by atoms with van der Waals surface area (Å²) in [7, 11) is 0. The predicted octanol–water partition coefficient (Wildman–Crippen LogP) is 3.63. The van der Waals surface area contributed by atoms with Crippen LogP contribution in [-0.4, -0.2) is 0 Å². The summed E-state index contributed by atoms with van der Waals surface area (Å²) in [4.78, 5) is 0. The maximum atomic E-state index is 2.38. The molecule has 0 spiro atoms. The lowest BCUT2D eigenvalue weighted by atomic mass is 9.72. The fourth-order valence-corrected chi connectivity index (χ4v) is 2.11. The molecule has 0 aromatic heterocycles. The van der Waals surface area contributed by atoms with Crippen molar-refractivity contribution in [3.63, 3.8) is 0 Å². The molecular formula is C11H20. The first-order chi connectivity index (χ1) is 5.04. The van der Waals surface area contributed by atoms with E-state index in [-0.39, 0.29) is 0 Å². The van der Waals surface area contributed by atoms with Crippen LogP contribution in [0.15, 0.2) is 11.1 Å². The van der Waals surface area contributed by atoms with E-state index in [4.69, 9.17) is 0 Å². The third-order valence-corrected chi connectivity index (χ3v) is 3.67. The Morgan fingerprint density at radius 2 is 1.64 bits per heavy atom. The Morgan fingerprint density at radius 1 is 1.09 bits per heavy atom. The first kappa shape index (κ1) is 8.83. The topological polar surface area (TPSA) is 0 Å². The zero-order chi connectivity index (χ0) is 8.59. The van der Waals surface area contributed by atoms with Crippen molar-refractivity contribution in [1.82, 2.24) is 0 Å². The van der Waals surface area contributed by atoms with Crippen LogP contribution in [-0.2, 0) is 0 Å². The van der Waals surface area contributed by atoms with Crippen molar-refractivity contribution in [2.75, 3.05) is 0 Å². The molecule has 0 bridgehead atoms. The summed E-state index contributed by atoms with van der Waals surface area (Å²) in [5, 5.41) is 0. The molecular weight excluding hydrogens is 132 g/mol. The van der Waals surface area contributed by atoms with Crippen LogP contribution in [0.25, 0.3) is 0 Å². The molecule has 0 aromatic carbocycles. The molecule has 0 aliphatic heterocycles. The second-order valence-electron chi connectivity index (χ2n) is 4.29. The molecule has 0 heterocycles. The Bertz CT molecular complexity index is 176. The fraction of sp³-hybridized carbons (Fsp3) is 0.818. The van der Waals surface area contributed by atoms with Gasteiger partial charge in [-0.3, -0.25) is 0 Å². The van der Waals surface area contributed by atoms with Crippen LogP contribution >= 0.6 is 0 Å². The van der Waals surface area contributed by atoms with Crippen LogP contribution in [0, 0.1) is 17.8 Å². The zero-order valence-electron chi connectivity index (χ0n) is 8.44. The lowest BCUT2D eigenvalue weighted by Gasteiger charge is -2.33. The molecule has 64 valence electrons. The summed E-state index contributed by atoms with van der Waals surface area (Å²) in [5.41, 5.74) is 3.26. The van der Waals surface area contributed by atoms with Gasteiger partial charge in [-0.2, -0.15) is 0 Å². The molecule has 0 nitrogen and oxygen atoms in total. The van der Waals surface area contributed by atoms with Gasteiger partial charge in [0.15, 0.2) is 0 Å². The van der Waals surface area contributed by atoms with E-state index in [1.165, 1.54) is 6.42 Å². The van der Waals surface area contributed by atoms with Crippen LogP contribution in [0.3, 0.4) is 0 Å². The van der Waals surface area contributed by atoms with Crippen molar-refractivity contribution in [1.29, 1.82) is 0 Å². The molecule has 0 radical (unpaired) electrons. The van der Waals surface area contributed by atoms with Gasteiger partial charge in [-0.15, -0.1) is 0 Å². The third-order valence-electron chi connectivity index (χ3n) is 3.67. The van der Waals surface area contributed by atoms with Crippen molar-refractivity contribution in [3.05, 3.63) is 11.1 Å². The average Bonchev–Trinajstić information content (AvgIpc) is 1.97. The number of rotatable bonds is 0. The zero-order valence-corrected chi connectivity index (χ0v) is 8.44. The van der Waals surface area contributed by atoms with Crippen LogP contribution in [0.1, 0.15) is 41.0 Å². The maximum Gasteiger partial charge on any atom is -0.0203 e. The Hall–Kier alpha value is -0.260. The van der Waals surface area contributed by atoms with E-state index in [1.807, 2.05) is 0 Å². The van der Waals surface area contributed by atoms with Gasteiger partial charge in [0.2, 0.25) is 0 Å². The smallest absolute Gasteiger partial charge is 0.0203 e. The van der Waals surface area contributed by atoms with Crippen LogP contribution in [0.2, 0.25) is 0 Å². The minimum atomic E-state index is 0.804. The van der Waals surface area contributed by atoms with Crippen LogP contribution in [0.4, 0.5) is 0 Å². The Labute approximate surface area is 70.7 Å². The van der Waals surface area contributed by atoms with E-state index in [0.29, 0.717) is 0 Å². The standard InChI is InChI=1S/C11H20/c1-7-6-8(2)10(4)11(5)9(7)3/h7,9,11H,6H2,1-5H3/t7-,9-,11?/m0/s1. The van der Waals surface area contributed by atoms with Gasteiger partial charge in [0, 0.05) is 0 Å². The highest BCUT2D eigenvalue weighted by molar-refractivity contribution is 5.17. The molecule has 0 saturated heterocycles. The summed E-state index contributed by atoms with van der Waals surface area (Å²) < 4.78 is 0.